The molecule has 2 aromatic rings. The molecule has 144 valence electrons. The van der Waals surface area contributed by atoms with E-state index in [-0.39, 0.29) is 30.4 Å². The van der Waals surface area contributed by atoms with Crippen LogP contribution >= 0.6 is 23.7 Å². The fourth-order valence-corrected chi connectivity index (χ4v) is 3.60. The Balaban J connectivity index is 0.00000338. The van der Waals surface area contributed by atoms with Gasteiger partial charge in [0.15, 0.2) is 5.13 Å². The second kappa shape index (κ2) is 9.40. The number of nitrogens with zero attached hydrogens (tertiary/aromatic N) is 1. The molecule has 0 spiro atoms. The van der Waals surface area contributed by atoms with Crippen molar-refractivity contribution in [2.24, 2.45) is 5.73 Å². The third kappa shape index (κ3) is 6.99. The fourth-order valence-electron chi connectivity index (χ4n) is 2.06. The van der Waals surface area contributed by atoms with Crippen LogP contribution in [0.2, 0.25) is 0 Å². The summed E-state index contributed by atoms with van der Waals surface area (Å²) < 4.78 is 35.8. The summed E-state index contributed by atoms with van der Waals surface area (Å²) in [5.74, 6) is -0.887. The Kier molecular flexibility index (Phi) is 8.14. The fraction of sp³-hybridized carbons (Fsp3) is 0.375. The van der Waals surface area contributed by atoms with Crippen LogP contribution in [0, 0.1) is 12.7 Å². The van der Waals surface area contributed by atoms with Crippen LogP contribution in [0.25, 0.3) is 0 Å². The number of rotatable bonds is 7. The van der Waals surface area contributed by atoms with Crippen molar-refractivity contribution in [1.29, 1.82) is 0 Å². The van der Waals surface area contributed by atoms with Gasteiger partial charge in [0.25, 0.3) is 0 Å². The van der Waals surface area contributed by atoms with Crippen molar-refractivity contribution in [3.05, 3.63) is 46.2 Å². The topological polar surface area (TPSA) is 102 Å². The first-order chi connectivity index (χ1) is 11.6. The number of aromatic nitrogens is 1. The lowest BCUT2D eigenvalue weighted by Crippen LogP contribution is -2.37. The Hall–Kier alpha value is -1.55. The minimum Gasteiger partial charge on any atom is -0.320 e. The number of nitrogens with two attached hydrogens (primary N) is 1. The predicted octanol–water partition coefficient (Wildman–Crippen LogP) is 2.30. The number of aryl methyl sites for hydroxylation is 1. The van der Waals surface area contributed by atoms with E-state index in [0.29, 0.717) is 17.1 Å². The highest BCUT2D eigenvalue weighted by atomic mass is 35.5. The molecule has 1 unspecified atom stereocenters. The number of carbonyl (C=O) groups is 1. The van der Waals surface area contributed by atoms with Gasteiger partial charge in [-0.15, -0.1) is 23.7 Å². The molecule has 1 aromatic heterocycles. The quantitative estimate of drug-likeness (QED) is 0.714. The molecular weight excluding hydrogens is 401 g/mol. The zero-order valence-corrected chi connectivity index (χ0v) is 16.8. The molecule has 1 heterocycles. The lowest BCUT2D eigenvalue weighted by molar-refractivity contribution is -0.117. The van der Waals surface area contributed by atoms with Gasteiger partial charge in [0.1, 0.15) is 15.7 Å². The number of hydrogen-bond acceptors (Lipinski definition) is 6. The van der Waals surface area contributed by atoms with Crippen molar-refractivity contribution >= 4 is 44.6 Å². The molecule has 0 saturated heterocycles. The SMILES string of the molecule is Cc1ccc(Cc2cnc(NC(=O)C(N)CCS(C)(=O)=O)s2)cc1F.Cl. The molecule has 0 aliphatic rings. The molecule has 1 atom stereocenters. The third-order valence-electron chi connectivity index (χ3n) is 3.53. The molecule has 0 fully saturated rings. The molecule has 1 aromatic carbocycles. The van der Waals surface area contributed by atoms with Crippen molar-refractivity contribution in [2.45, 2.75) is 25.8 Å². The smallest absolute Gasteiger partial charge is 0.243 e. The maximum absolute atomic E-state index is 13.6. The van der Waals surface area contributed by atoms with Crippen LogP contribution in [-0.2, 0) is 21.1 Å². The van der Waals surface area contributed by atoms with E-state index < -0.39 is 21.8 Å². The lowest BCUT2D eigenvalue weighted by Gasteiger charge is -2.09. The van der Waals surface area contributed by atoms with Gasteiger partial charge in [-0.3, -0.25) is 4.79 Å². The minimum atomic E-state index is -3.17. The first-order valence-corrected chi connectivity index (χ1v) is 10.5. The number of anilines is 1. The van der Waals surface area contributed by atoms with Crippen molar-refractivity contribution in [1.82, 2.24) is 4.98 Å². The van der Waals surface area contributed by atoms with E-state index in [1.807, 2.05) is 6.07 Å². The first kappa shape index (κ1) is 22.5. The zero-order valence-electron chi connectivity index (χ0n) is 14.4. The third-order valence-corrected chi connectivity index (χ3v) is 5.42. The second-order valence-corrected chi connectivity index (χ2v) is 9.28. The molecule has 0 aliphatic carbocycles. The van der Waals surface area contributed by atoms with E-state index in [1.165, 1.54) is 17.4 Å². The number of sulfone groups is 1. The van der Waals surface area contributed by atoms with E-state index in [2.05, 4.69) is 10.3 Å². The number of amides is 1. The minimum absolute atomic E-state index is 0. The number of hydrogen-bond donors (Lipinski definition) is 2. The molecule has 3 N–H and O–H groups in total. The van der Waals surface area contributed by atoms with Crippen LogP contribution in [0.3, 0.4) is 0 Å². The van der Waals surface area contributed by atoms with Crippen LogP contribution in [0.15, 0.2) is 24.4 Å². The Morgan fingerprint density at radius 1 is 1.42 bits per heavy atom. The number of thiazole rings is 1. The van der Waals surface area contributed by atoms with Crippen molar-refractivity contribution in [3.63, 3.8) is 0 Å². The Morgan fingerprint density at radius 3 is 2.73 bits per heavy atom. The first-order valence-electron chi connectivity index (χ1n) is 7.58. The van der Waals surface area contributed by atoms with Crippen molar-refractivity contribution in [3.8, 4) is 0 Å². The molecule has 0 radical (unpaired) electrons. The average Bonchev–Trinajstić information content (AvgIpc) is 2.94. The molecule has 26 heavy (non-hydrogen) atoms. The van der Waals surface area contributed by atoms with Gasteiger partial charge >= 0.3 is 0 Å². The molecule has 0 aliphatic heterocycles. The number of nitrogens with one attached hydrogen (secondary N) is 1. The Labute approximate surface area is 162 Å². The molecule has 0 bridgehead atoms. The highest BCUT2D eigenvalue weighted by Gasteiger charge is 2.17. The number of benzene rings is 1. The van der Waals surface area contributed by atoms with Gasteiger partial charge < -0.3 is 11.1 Å². The van der Waals surface area contributed by atoms with Gasteiger partial charge in [-0.1, -0.05) is 12.1 Å². The summed E-state index contributed by atoms with van der Waals surface area (Å²) in [6.07, 6.45) is 3.26. The van der Waals surface area contributed by atoms with Crippen LogP contribution < -0.4 is 11.1 Å². The molecule has 2 rings (SSSR count). The van der Waals surface area contributed by atoms with Crippen molar-refractivity contribution < 1.29 is 17.6 Å². The predicted molar refractivity (Wildman–Crippen MR) is 104 cm³/mol. The van der Waals surface area contributed by atoms with Gasteiger partial charge in [-0.25, -0.2) is 17.8 Å². The normalized spacial score (nSPS) is 12.3. The highest BCUT2D eigenvalue weighted by Crippen LogP contribution is 2.22. The monoisotopic (exact) mass is 421 g/mol. The van der Waals surface area contributed by atoms with Gasteiger partial charge in [0.2, 0.25) is 5.91 Å². The summed E-state index contributed by atoms with van der Waals surface area (Å²) in [6, 6.07) is 4.12. The summed E-state index contributed by atoms with van der Waals surface area (Å²) in [6.45, 7) is 1.70. The Bertz CT molecular complexity index is 871. The summed E-state index contributed by atoms with van der Waals surface area (Å²) >= 11 is 1.27. The number of carbonyl (C=O) groups excluding carboxylic acids is 1. The molecule has 10 heteroatoms. The molecular formula is C16H21ClFN3O3S2. The maximum atomic E-state index is 13.6. The highest BCUT2D eigenvalue weighted by molar-refractivity contribution is 7.90. The van der Waals surface area contributed by atoms with Gasteiger partial charge in [-0.05, 0) is 30.5 Å². The lowest BCUT2D eigenvalue weighted by atomic mass is 10.1. The van der Waals surface area contributed by atoms with Crippen LogP contribution in [0.1, 0.15) is 22.4 Å². The number of halogens is 2. The Morgan fingerprint density at radius 2 is 2.12 bits per heavy atom. The van der Waals surface area contributed by atoms with E-state index in [0.717, 1.165) is 16.7 Å². The molecule has 0 saturated carbocycles. The van der Waals surface area contributed by atoms with Crippen LogP contribution in [0.4, 0.5) is 9.52 Å². The van der Waals surface area contributed by atoms with E-state index in [4.69, 9.17) is 5.73 Å². The zero-order chi connectivity index (χ0) is 18.6. The summed E-state index contributed by atoms with van der Waals surface area (Å²) in [7, 11) is -3.17. The van der Waals surface area contributed by atoms with Gasteiger partial charge in [0.05, 0.1) is 11.8 Å². The van der Waals surface area contributed by atoms with E-state index in [1.54, 1.807) is 19.2 Å². The largest absolute Gasteiger partial charge is 0.320 e. The summed E-state index contributed by atoms with van der Waals surface area (Å²) in [5, 5.41) is 2.96. The van der Waals surface area contributed by atoms with E-state index in [9.17, 15) is 17.6 Å². The van der Waals surface area contributed by atoms with Crippen LogP contribution in [-0.4, -0.2) is 37.4 Å². The van der Waals surface area contributed by atoms with E-state index >= 15 is 0 Å². The molecule has 6 nitrogen and oxygen atoms in total. The van der Waals surface area contributed by atoms with Crippen LogP contribution in [0.5, 0.6) is 0 Å². The van der Waals surface area contributed by atoms with Gasteiger partial charge in [-0.2, -0.15) is 0 Å². The summed E-state index contributed by atoms with van der Waals surface area (Å²) in [5.41, 5.74) is 7.09. The summed E-state index contributed by atoms with van der Waals surface area (Å²) in [4.78, 5) is 16.9. The van der Waals surface area contributed by atoms with Crippen molar-refractivity contribution in [2.75, 3.05) is 17.3 Å². The average molecular weight is 422 g/mol. The maximum Gasteiger partial charge on any atom is 0.243 e. The standard InChI is InChI=1S/C16H20FN3O3S2.ClH/c1-10-3-4-11(8-13(10)17)7-12-9-19-16(24-12)20-15(21)14(18)5-6-25(2,22)23;/h3-4,8-9,14H,5-7,18H2,1-2H3,(H,19,20,21);1H. The molecule has 1 amide bonds. The van der Waals surface area contributed by atoms with Gasteiger partial charge in [0, 0.05) is 23.8 Å². The second-order valence-electron chi connectivity index (χ2n) is 5.91.